The second kappa shape index (κ2) is 7.43. The van der Waals surface area contributed by atoms with Gasteiger partial charge >= 0.3 is 5.97 Å². The second-order valence-electron chi connectivity index (χ2n) is 6.37. The summed E-state index contributed by atoms with van der Waals surface area (Å²) >= 11 is 0. The number of benzene rings is 1. The van der Waals surface area contributed by atoms with E-state index in [2.05, 4.69) is 5.32 Å². The Hall–Kier alpha value is -3.09. The Kier molecular flexibility index (Phi) is 5.06. The summed E-state index contributed by atoms with van der Waals surface area (Å²) in [7, 11) is 0. The predicted molar refractivity (Wildman–Crippen MR) is 94.1 cm³/mol. The SMILES string of the molecule is Cc1ccoc1C(=O)Nc1ccc(C(=O)N2CCC(C(=O)O)CC2)cc1. The van der Waals surface area contributed by atoms with E-state index < -0.39 is 5.97 Å². The first-order valence-electron chi connectivity index (χ1n) is 8.43. The van der Waals surface area contributed by atoms with Crippen LogP contribution in [0.2, 0.25) is 0 Å². The summed E-state index contributed by atoms with van der Waals surface area (Å²) in [6, 6.07) is 8.33. The minimum atomic E-state index is -0.802. The van der Waals surface area contributed by atoms with E-state index in [0.29, 0.717) is 37.2 Å². The maximum absolute atomic E-state index is 12.5. The van der Waals surface area contributed by atoms with Crippen LogP contribution in [-0.2, 0) is 4.79 Å². The minimum Gasteiger partial charge on any atom is -0.481 e. The normalized spacial score (nSPS) is 14.9. The topological polar surface area (TPSA) is 99.9 Å². The van der Waals surface area contributed by atoms with Gasteiger partial charge < -0.3 is 19.7 Å². The van der Waals surface area contributed by atoms with E-state index in [4.69, 9.17) is 9.52 Å². The zero-order chi connectivity index (χ0) is 18.7. The molecule has 3 rings (SSSR count). The third-order valence-corrected chi connectivity index (χ3v) is 4.59. The molecule has 1 aromatic heterocycles. The fourth-order valence-corrected chi connectivity index (χ4v) is 3.00. The summed E-state index contributed by atoms with van der Waals surface area (Å²) in [6.45, 7) is 2.66. The molecule has 0 saturated carbocycles. The maximum atomic E-state index is 12.5. The number of nitrogens with one attached hydrogen (secondary N) is 1. The minimum absolute atomic E-state index is 0.131. The molecule has 7 heteroatoms. The highest BCUT2D eigenvalue weighted by Gasteiger charge is 2.27. The average Bonchev–Trinajstić information content (AvgIpc) is 3.08. The maximum Gasteiger partial charge on any atom is 0.306 e. The van der Waals surface area contributed by atoms with Gasteiger partial charge in [0.1, 0.15) is 0 Å². The molecule has 2 aromatic rings. The molecule has 1 fully saturated rings. The highest BCUT2D eigenvalue weighted by atomic mass is 16.4. The number of hydrogen-bond donors (Lipinski definition) is 2. The fraction of sp³-hybridized carbons (Fsp3) is 0.316. The number of amides is 2. The second-order valence-corrected chi connectivity index (χ2v) is 6.37. The summed E-state index contributed by atoms with van der Waals surface area (Å²) < 4.78 is 5.15. The highest BCUT2D eigenvalue weighted by Crippen LogP contribution is 2.20. The molecule has 2 heterocycles. The molecule has 0 unspecified atom stereocenters. The van der Waals surface area contributed by atoms with Crippen LogP contribution >= 0.6 is 0 Å². The molecular weight excluding hydrogens is 336 g/mol. The summed E-state index contributed by atoms with van der Waals surface area (Å²) in [4.78, 5) is 37.3. The van der Waals surface area contributed by atoms with Crippen LogP contribution in [0.4, 0.5) is 5.69 Å². The van der Waals surface area contributed by atoms with Crippen molar-refractivity contribution in [3.8, 4) is 0 Å². The zero-order valence-electron chi connectivity index (χ0n) is 14.4. The predicted octanol–water partition coefficient (Wildman–Crippen LogP) is 2.78. The van der Waals surface area contributed by atoms with Gasteiger partial charge in [-0.1, -0.05) is 0 Å². The molecule has 0 radical (unpaired) electrons. The van der Waals surface area contributed by atoms with Crippen LogP contribution in [0.25, 0.3) is 0 Å². The van der Waals surface area contributed by atoms with Crippen molar-refractivity contribution in [3.05, 3.63) is 53.5 Å². The summed E-state index contributed by atoms with van der Waals surface area (Å²) in [5, 5.41) is 11.7. The Bertz CT molecular complexity index is 817. The molecule has 1 saturated heterocycles. The lowest BCUT2D eigenvalue weighted by atomic mass is 9.96. The van der Waals surface area contributed by atoms with E-state index in [1.165, 1.54) is 6.26 Å². The molecule has 1 aliphatic rings. The van der Waals surface area contributed by atoms with Crippen LogP contribution in [0.1, 0.15) is 39.3 Å². The van der Waals surface area contributed by atoms with Gasteiger partial charge in [0.15, 0.2) is 5.76 Å². The van der Waals surface area contributed by atoms with Gasteiger partial charge in [0, 0.05) is 29.9 Å². The van der Waals surface area contributed by atoms with Crippen LogP contribution in [0.3, 0.4) is 0 Å². The number of carboxylic acids is 1. The molecule has 0 aliphatic carbocycles. The van der Waals surface area contributed by atoms with Gasteiger partial charge in [0.05, 0.1) is 12.2 Å². The molecule has 0 spiro atoms. The number of anilines is 1. The summed E-state index contributed by atoms with van der Waals surface area (Å²) in [5.74, 6) is -1.40. The van der Waals surface area contributed by atoms with Crippen molar-refractivity contribution in [2.45, 2.75) is 19.8 Å². The number of rotatable bonds is 4. The molecule has 1 aliphatic heterocycles. The van der Waals surface area contributed by atoms with Gasteiger partial charge in [-0.05, 0) is 50.1 Å². The Morgan fingerprint density at radius 1 is 1.12 bits per heavy atom. The first kappa shape index (κ1) is 17.7. The third kappa shape index (κ3) is 3.77. The lowest BCUT2D eigenvalue weighted by Gasteiger charge is -2.30. The molecule has 2 N–H and O–H groups in total. The number of carbonyl (C=O) groups is 3. The number of carboxylic acid groups (broad SMARTS) is 1. The Balaban J connectivity index is 1.61. The van der Waals surface area contributed by atoms with Gasteiger partial charge in [-0.3, -0.25) is 14.4 Å². The number of aliphatic carboxylic acids is 1. The molecule has 1 aromatic carbocycles. The number of aryl methyl sites for hydroxylation is 1. The number of likely N-dealkylation sites (tertiary alicyclic amines) is 1. The lowest BCUT2D eigenvalue weighted by Crippen LogP contribution is -2.40. The standard InChI is InChI=1S/C19H20N2O5/c1-12-8-11-26-16(12)17(22)20-15-4-2-13(3-5-15)18(23)21-9-6-14(7-10-21)19(24)25/h2-5,8,11,14H,6-7,9-10H2,1H3,(H,20,22)(H,24,25). The molecular formula is C19H20N2O5. The molecule has 2 amide bonds. The Labute approximate surface area is 150 Å². The van der Waals surface area contributed by atoms with Crippen molar-refractivity contribution >= 4 is 23.5 Å². The summed E-state index contributed by atoms with van der Waals surface area (Å²) in [6.07, 6.45) is 2.40. The van der Waals surface area contributed by atoms with Gasteiger partial charge in [-0.15, -0.1) is 0 Å². The number of hydrogen-bond acceptors (Lipinski definition) is 4. The number of piperidine rings is 1. The Morgan fingerprint density at radius 2 is 1.77 bits per heavy atom. The van der Waals surface area contributed by atoms with Crippen LogP contribution < -0.4 is 5.32 Å². The van der Waals surface area contributed by atoms with Crippen LogP contribution in [-0.4, -0.2) is 40.9 Å². The van der Waals surface area contributed by atoms with Gasteiger partial charge in [0.25, 0.3) is 11.8 Å². The van der Waals surface area contributed by atoms with E-state index in [1.807, 2.05) is 0 Å². The van der Waals surface area contributed by atoms with E-state index in [9.17, 15) is 14.4 Å². The number of nitrogens with zero attached hydrogens (tertiary/aromatic N) is 1. The van der Waals surface area contributed by atoms with E-state index in [1.54, 1.807) is 42.2 Å². The third-order valence-electron chi connectivity index (χ3n) is 4.59. The summed E-state index contributed by atoms with van der Waals surface area (Å²) in [5.41, 5.74) is 1.82. The molecule has 7 nitrogen and oxygen atoms in total. The van der Waals surface area contributed by atoms with Crippen LogP contribution in [0.15, 0.2) is 41.0 Å². The molecule has 26 heavy (non-hydrogen) atoms. The fourth-order valence-electron chi connectivity index (χ4n) is 3.00. The van der Waals surface area contributed by atoms with Crippen molar-refractivity contribution in [1.82, 2.24) is 4.90 Å². The molecule has 0 bridgehead atoms. The monoisotopic (exact) mass is 356 g/mol. The van der Waals surface area contributed by atoms with Crippen molar-refractivity contribution < 1.29 is 23.9 Å². The zero-order valence-corrected chi connectivity index (χ0v) is 14.4. The molecule has 136 valence electrons. The van der Waals surface area contributed by atoms with Gasteiger partial charge in [0.2, 0.25) is 0 Å². The lowest BCUT2D eigenvalue weighted by molar-refractivity contribution is -0.143. The van der Waals surface area contributed by atoms with E-state index >= 15 is 0 Å². The van der Waals surface area contributed by atoms with Crippen molar-refractivity contribution in [3.63, 3.8) is 0 Å². The van der Waals surface area contributed by atoms with E-state index in [-0.39, 0.29) is 23.5 Å². The first-order valence-corrected chi connectivity index (χ1v) is 8.43. The molecule has 0 atom stereocenters. The highest BCUT2D eigenvalue weighted by molar-refractivity contribution is 6.03. The van der Waals surface area contributed by atoms with Crippen molar-refractivity contribution in [2.75, 3.05) is 18.4 Å². The van der Waals surface area contributed by atoms with Crippen molar-refractivity contribution in [2.24, 2.45) is 5.92 Å². The quantitative estimate of drug-likeness (QED) is 0.877. The average molecular weight is 356 g/mol. The Morgan fingerprint density at radius 3 is 2.31 bits per heavy atom. The first-order chi connectivity index (χ1) is 12.5. The van der Waals surface area contributed by atoms with Crippen LogP contribution in [0.5, 0.6) is 0 Å². The largest absolute Gasteiger partial charge is 0.481 e. The van der Waals surface area contributed by atoms with Crippen LogP contribution in [0, 0.1) is 12.8 Å². The van der Waals surface area contributed by atoms with Gasteiger partial charge in [-0.2, -0.15) is 0 Å². The van der Waals surface area contributed by atoms with Gasteiger partial charge in [-0.25, -0.2) is 0 Å². The smallest absolute Gasteiger partial charge is 0.306 e. The number of furan rings is 1. The van der Waals surface area contributed by atoms with Crippen molar-refractivity contribution in [1.29, 1.82) is 0 Å². The van der Waals surface area contributed by atoms with E-state index in [0.717, 1.165) is 5.56 Å². The number of carbonyl (C=O) groups excluding carboxylic acids is 2.